The first kappa shape index (κ1) is 16.5. The Morgan fingerprint density at radius 1 is 1.23 bits per heavy atom. The zero-order valence-corrected chi connectivity index (χ0v) is 14.5. The smallest absolute Gasteiger partial charge is 0.227 e. The van der Waals surface area contributed by atoms with Gasteiger partial charge in [0.1, 0.15) is 0 Å². The van der Waals surface area contributed by atoms with E-state index in [1.54, 1.807) is 6.20 Å². The first-order valence-corrected chi connectivity index (χ1v) is 8.94. The van der Waals surface area contributed by atoms with Crippen LogP contribution >= 0.6 is 0 Å². The van der Waals surface area contributed by atoms with Crippen LogP contribution in [-0.2, 0) is 17.8 Å². The van der Waals surface area contributed by atoms with Crippen molar-refractivity contribution in [1.82, 2.24) is 24.8 Å². The van der Waals surface area contributed by atoms with E-state index in [1.807, 2.05) is 52.2 Å². The zero-order valence-electron chi connectivity index (χ0n) is 14.5. The molecule has 3 heterocycles. The molecule has 4 rings (SSSR count). The first-order valence-electron chi connectivity index (χ1n) is 8.94. The second-order valence-corrected chi connectivity index (χ2v) is 6.49. The molecule has 0 N–H and O–H groups in total. The molecule has 0 saturated carbocycles. The number of aromatic nitrogens is 4. The SMILES string of the molecule is O=C(CCc1nc(-c2ccccc2)no1)N1CCC[C@H]1Cn1cccn1. The monoisotopic (exact) mass is 351 g/mol. The third-order valence-corrected chi connectivity index (χ3v) is 4.71. The van der Waals surface area contributed by atoms with Crippen LogP contribution in [0.3, 0.4) is 0 Å². The number of nitrogens with zero attached hydrogens (tertiary/aromatic N) is 5. The molecule has 0 radical (unpaired) electrons. The normalized spacial score (nSPS) is 16.9. The Morgan fingerprint density at radius 3 is 2.92 bits per heavy atom. The molecule has 1 saturated heterocycles. The van der Waals surface area contributed by atoms with Gasteiger partial charge in [-0.25, -0.2) is 0 Å². The van der Waals surface area contributed by atoms with Gasteiger partial charge >= 0.3 is 0 Å². The van der Waals surface area contributed by atoms with E-state index >= 15 is 0 Å². The van der Waals surface area contributed by atoms with Crippen molar-refractivity contribution in [1.29, 1.82) is 0 Å². The highest BCUT2D eigenvalue weighted by molar-refractivity contribution is 5.77. The third kappa shape index (κ3) is 3.66. The number of benzene rings is 1. The van der Waals surface area contributed by atoms with Gasteiger partial charge in [0.15, 0.2) is 0 Å². The quantitative estimate of drug-likeness (QED) is 0.682. The van der Waals surface area contributed by atoms with Crippen LogP contribution in [0.5, 0.6) is 0 Å². The van der Waals surface area contributed by atoms with E-state index in [0.717, 1.165) is 31.5 Å². The van der Waals surface area contributed by atoms with E-state index in [4.69, 9.17) is 4.52 Å². The fourth-order valence-electron chi connectivity index (χ4n) is 3.40. The number of carbonyl (C=O) groups excluding carboxylic acids is 1. The Hall–Kier alpha value is -2.96. The summed E-state index contributed by atoms with van der Waals surface area (Å²) in [7, 11) is 0. The summed E-state index contributed by atoms with van der Waals surface area (Å²) >= 11 is 0. The number of likely N-dealkylation sites (tertiary alicyclic amines) is 1. The first-order chi connectivity index (χ1) is 12.8. The second-order valence-electron chi connectivity index (χ2n) is 6.49. The van der Waals surface area contributed by atoms with E-state index in [-0.39, 0.29) is 11.9 Å². The molecule has 1 fully saturated rings. The summed E-state index contributed by atoms with van der Waals surface area (Å²) < 4.78 is 7.19. The van der Waals surface area contributed by atoms with Gasteiger partial charge in [-0.3, -0.25) is 9.48 Å². The number of hydrogen-bond acceptors (Lipinski definition) is 5. The standard InChI is InChI=1S/C19H21N5O2/c25-18(24-13-4-8-16(24)14-23-12-5-11-20-23)10-9-17-21-19(22-26-17)15-6-2-1-3-7-15/h1-3,5-7,11-12,16H,4,8-10,13-14H2/t16-/m0/s1. The molecular formula is C19H21N5O2. The van der Waals surface area contributed by atoms with Gasteiger partial charge in [-0.05, 0) is 18.9 Å². The summed E-state index contributed by atoms with van der Waals surface area (Å²) in [6, 6.07) is 11.8. The lowest BCUT2D eigenvalue weighted by Gasteiger charge is -2.24. The van der Waals surface area contributed by atoms with E-state index < -0.39 is 0 Å². The van der Waals surface area contributed by atoms with Crippen molar-refractivity contribution in [3.05, 3.63) is 54.7 Å². The molecule has 1 aromatic carbocycles. The molecule has 0 aliphatic carbocycles. The lowest BCUT2D eigenvalue weighted by molar-refractivity contribution is -0.132. The average molecular weight is 351 g/mol. The van der Waals surface area contributed by atoms with Gasteiger partial charge in [0, 0.05) is 37.3 Å². The van der Waals surface area contributed by atoms with Crippen molar-refractivity contribution >= 4 is 5.91 Å². The van der Waals surface area contributed by atoms with Gasteiger partial charge < -0.3 is 9.42 Å². The van der Waals surface area contributed by atoms with Crippen LogP contribution in [0.25, 0.3) is 11.4 Å². The molecule has 26 heavy (non-hydrogen) atoms. The largest absolute Gasteiger partial charge is 0.339 e. The number of amides is 1. The molecule has 7 nitrogen and oxygen atoms in total. The third-order valence-electron chi connectivity index (χ3n) is 4.71. The summed E-state index contributed by atoms with van der Waals surface area (Å²) in [6.07, 6.45) is 6.60. The molecule has 7 heteroatoms. The van der Waals surface area contributed by atoms with Crippen LogP contribution < -0.4 is 0 Å². The van der Waals surface area contributed by atoms with E-state index in [0.29, 0.717) is 24.6 Å². The minimum atomic E-state index is 0.138. The van der Waals surface area contributed by atoms with Crippen LogP contribution in [0.2, 0.25) is 0 Å². The molecule has 0 bridgehead atoms. The Balaban J connectivity index is 1.34. The minimum Gasteiger partial charge on any atom is -0.339 e. The van der Waals surface area contributed by atoms with Gasteiger partial charge in [0.05, 0.1) is 12.6 Å². The maximum Gasteiger partial charge on any atom is 0.227 e. The summed E-state index contributed by atoms with van der Waals surface area (Å²) in [6.45, 7) is 1.56. The Morgan fingerprint density at radius 2 is 2.12 bits per heavy atom. The summed E-state index contributed by atoms with van der Waals surface area (Å²) in [5.41, 5.74) is 0.910. The second kappa shape index (κ2) is 7.51. The zero-order chi connectivity index (χ0) is 17.8. The fraction of sp³-hybridized carbons (Fsp3) is 0.368. The van der Waals surface area contributed by atoms with Crippen molar-refractivity contribution in [2.24, 2.45) is 0 Å². The van der Waals surface area contributed by atoms with Gasteiger partial charge in [0.2, 0.25) is 17.6 Å². The summed E-state index contributed by atoms with van der Waals surface area (Å²) in [5.74, 6) is 1.20. The molecule has 0 unspecified atom stereocenters. The highest BCUT2D eigenvalue weighted by atomic mass is 16.5. The Labute approximate surface area is 151 Å². The van der Waals surface area contributed by atoms with Crippen LogP contribution in [-0.4, -0.2) is 43.3 Å². The van der Waals surface area contributed by atoms with Crippen molar-refractivity contribution in [3.63, 3.8) is 0 Å². The Bertz CT molecular complexity index is 844. The summed E-state index contributed by atoms with van der Waals surface area (Å²) in [5, 5.41) is 8.25. The summed E-state index contributed by atoms with van der Waals surface area (Å²) in [4.78, 5) is 19.0. The van der Waals surface area contributed by atoms with Crippen LogP contribution in [0, 0.1) is 0 Å². The Kier molecular flexibility index (Phi) is 4.77. The van der Waals surface area contributed by atoms with Crippen molar-refractivity contribution in [2.75, 3.05) is 6.54 Å². The van der Waals surface area contributed by atoms with Gasteiger partial charge in [-0.1, -0.05) is 35.5 Å². The van der Waals surface area contributed by atoms with Crippen molar-refractivity contribution in [2.45, 2.75) is 38.3 Å². The molecule has 1 aliphatic heterocycles. The molecule has 1 amide bonds. The lowest BCUT2D eigenvalue weighted by Crippen LogP contribution is -2.38. The number of hydrogen-bond donors (Lipinski definition) is 0. The molecule has 134 valence electrons. The molecule has 1 aliphatic rings. The molecule has 0 spiro atoms. The van der Waals surface area contributed by atoms with E-state index in [2.05, 4.69) is 15.2 Å². The molecular weight excluding hydrogens is 330 g/mol. The number of aryl methyl sites for hydroxylation is 1. The highest BCUT2D eigenvalue weighted by Crippen LogP contribution is 2.21. The molecule has 2 aromatic heterocycles. The number of carbonyl (C=O) groups is 1. The predicted octanol–water partition coefficient (Wildman–Crippen LogP) is 2.56. The van der Waals surface area contributed by atoms with Gasteiger partial charge in [-0.2, -0.15) is 10.1 Å². The van der Waals surface area contributed by atoms with Gasteiger partial charge in [0.25, 0.3) is 0 Å². The highest BCUT2D eigenvalue weighted by Gasteiger charge is 2.29. The molecule has 1 atom stereocenters. The van der Waals surface area contributed by atoms with Crippen molar-refractivity contribution in [3.8, 4) is 11.4 Å². The van der Waals surface area contributed by atoms with Crippen LogP contribution in [0.15, 0.2) is 53.3 Å². The van der Waals surface area contributed by atoms with E-state index in [1.165, 1.54) is 0 Å². The average Bonchev–Trinajstić information content (AvgIpc) is 3.43. The van der Waals surface area contributed by atoms with Crippen LogP contribution in [0.4, 0.5) is 0 Å². The maximum atomic E-state index is 12.6. The lowest BCUT2D eigenvalue weighted by atomic mass is 10.2. The molecule has 3 aromatic rings. The van der Waals surface area contributed by atoms with Gasteiger partial charge in [-0.15, -0.1) is 0 Å². The van der Waals surface area contributed by atoms with Crippen LogP contribution in [0.1, 0.15) is 25.2 Å². The maximum absolute atomic E-state index is 12.6. The number of rotatable bonds is 6. The predicted molar refractivity (Wildman–Crippen MR) is 95.0 cm³/mol. The fourth-order valence-corrected chi connectivity index (χ4v) is 3.40. The van der Waals surface area contributed by atoms with E-state index in [9.17, 15) is 4.79 Å². The topological polar surface area (TPSA) is 77.0 Å². The minimum absolute atomic E-state index is 0.138. The van der Waals surface area contributed by atoms with Crippen molar-refractivity contribution < 1.29 is 9.32 Å².